The molecule has 0 spiro atoms. The van der Waals surface area contributed by atoms with E-state index in [0.29, 0.717) is 6.04 Å². The van der Waals surface area contributed by atoms with Crippen LogP contribution >= 0.6 is 63.0 Å². The van der Waals surface area contributed by atoms with Gasteiger partial charge in [0, 0.05) is 23.2 Å². The van der Waals surface area contributed by atoms with Gasteiger partial charge in [-0.2, -0.15) is 11.8 Å². The Kier molecular flexibility index (Phi) is 8.85. The van der Waals surface area contributed by atoms with Crippen LogP contribution in [0.5, 0.6) is 0 Å². The SMILES string of the molecule is CN=C(NCc1ccc(Br)s1)NC1CCC(SC)C1.I. The lowest BCUT2D eigenvalue weighted by molar-refractivity contribution is 0.615. The van der Waals surface area contributed by atoms with Gasteiger partial charge in [0.15, 0.2) is 5.96 Å². The predicted octanol–water partition coefficient (Wildman–Crippen LogP) is 4.08. The van der Waals surface area contributed by atoms with Crippen molar-refractivity contribution < 1.29 is 0 Å². The summed E-state index contributed by atoms with van der Waals surface area (Å²) in [5.74, 6) is 0.913. The highest BCUT2D eigenvalue weighted by atomic mass is 127. The molecule has 0 radical (unpaired) electrons. The number of thioether (sulfide) groups is 1. The van der Waals surface area contributed by atoms with Crippen molar-refractivity contribution in [3.8, 4) is 0 Å². The summed E-state index contributed by atoms with van der Waals surface area (Å²) in [6.45, 7) is 0.828. The number of guanidine groups is 1. The van der Waals surface area contributed by atoms with Crippen LogP contribution in [-0.4, -0.2) is 30.6 Å². The minimum Gasteiger partial charge on any atom is -0.354 e. The van der Waals surface area contributed by atoms with Gasteiger partial charge in [-0.1, -0.05) is 0 Å². The van der Waals surface area contributed by atoms with Gasteiger partial charge in [0.25, 0.3) is 0 Å². The first-order valence-electron chi connectivity index (χ1n) is 6.45. The minimum atomic E-state index is 0. The Morgan fingerprint density at radius 1 is 1.50 bits per heavy atom. The summed E-state index contributed by atoms with van der Waals surface area (Å²) < 4.78 is 1.17. The molecule has 114 valence electrons. The number of hydrogen-bond acceptors (Lipinski definition) is 3. The molecule has 0 bridgehead atoms. The maximum atomic E-state index is 4.30. The quantitative estimate of drug-likeness (QED) is 0.380. The van der Waals surface area contributed by atoms with Crippen LogP contribution < -0.4 is 10.6 Å². The van der Waals surface area contributed by atoms with Crippen molar-refractivity contribution in [2.75, 3.05) is 13.3 Å². The van der Waals surface area contributed by atoms with Crippen LogP contribution in [0.1, 0.15) is 24.1 Å². The van der Waals surface area contributed by atoms with E-state index in [4.69, 9.17) is 0 Å². The van der Waals surface area contributed by atoms with Gasteiger partial charge in [-0.25, -0.2) is 0 Å². The molecule has 1 aliphatic rings. The zero-order chi connectivity index (χ0) is 13.7. The average Bonchev–Trinajstić information content (AvgIpc) is 3.03. The second kappa shape index (κ2) is 9.53. The maximum absolute atomic E-state index is 4.30. The molecule has 1 aromatic rings. The molecule has 1 fully saturated rings. The molecule has 0 aromatic carbocycles. The first kappa shape index (κ1) is 18.6. The molecular formula is C13H21BrIN3S2. The zero-order valence-corrected chi connectivity index (χ0v) is 17.2. The molecule has 1 saturated carbocycles. The standard InChI is InChI=1S/C13H20BrN3S2.HI/c1-15-13(16-8-11-5-6-12(14)19-11)17-9-3-4-10(7-9)18-2;/h5-6,9-10H,3-4,7-8H2,1-2H3,(H2,15,16,17);1H. The number of nitrogens with zero attached hydrogens (tertiary/aromatic N) is 1. The molecule has 2 unspecified atom stereocenters. The number of aliphatic imine (C=N–C) groups is 1. The number of nitrogens with one attached hydrogen (secondary N) is 2. The maximum Gasteiger partial charge on any atom is 0.191 e. The molecule has 2 atom stereocenters. The van der Waals surface area contributed by atoms with E-state index in [0.717, 1.165) is 17.8 Å². The summed E-state index contributed by atoms with van der Waals surface area (Å²) in [7, 11) is 1.83. The van der Waals surface area contributed by atoms with Crippen molar-refractivity contribution in [1.29, 1.82) is 0 Å². The van der Waals surface area contributed by atoms with Crippen molar-refractivity contribution in [2.24, 2.45) is 4.99 Å². The lowest BCUT2D eigenvalue weighted by Crippen LogP contribution is -2.42. The van der Waals surface area contributed by atoms with Crippen LogP contribution in [-0.2, 0) is 6.54 Å². The molecule has 1 heterocycles. The van der Waals surface area contributed by atoms with E-state index >= 15 is 0 Å². The van der Waals surface area contributed by atoms with Crippen molar-refractivity contribution in [1.82, 2.24) is 10.6 Å². The molecule has 0 aliphatic heterocycles. The van der Waals surface area contributed by atoms with E-state index in [1.807, 2.05) is 18.8 Å². The minimum absolute atomic E-state index is 0. The molecular weight excluding hydrogens is 469 g/mol. The fourth-order valence-corrected chi connectivity index (χ4v) is 4.51. The Bertz CT molecular complexity index is 439. The second-order valence-electron chi connectivity index (χ2n) is 4.64. The largest absolute Gasteiger partial charge is 0.354 e. The van der Waals surface area contributed by atoms with Crippen LogP contribution in [0.2, 0.25) is 0 Å². The fourth-order valence-electron chi connectivity index (χ4n) is 2.29. The summed E-state index contributed by atoms with van der Waals surface area (Å²) in [5.41, 5.74) is 0. The fraction of sp³-hybridized carbons (Fsp3) is 0.615. The molecule has 7 heteroatoms. The van der Waals surface area contributed by atoms with Gasteiger partial charge in [-0.15, -0.1) is 35.3 Å². The van der Waals surface area contributed by atoms with Crippen LogP contribution in [0.25, 0.3) is 0 Å². The smallest absolute Gasteiger partial charge is 0.191 e. The van der Waals surface area contributed by atoms with Crippen LogP contribution in [0.4, 0.5) is 0 Å². The normalized spacial score (nSPS) is 22.4. The van der Waals surface area contributed by atoms with Gasteiger partial charge in [0.1, 0.15) is 0 Å². The third kappa shape index (κ3) is 5.73. The van der Waals surface area contributed by atoms with E-state index in [1.165, 1.54) is 27.9 Å². The third-order valence-electron chi connectivity index (χ3n) is 3.34. The van der Waals surface area contributed by atoms with Gasteiger partial charge in [-0.3, -0.25) is 4.99 Å². The molecule has 3 nitrogen and oxygen atoms in total. The second-order valence-corrected chi connectivity index (χ2v) is 8.33. The number of hydrogen-bond donors (Lipinski definition) is 2. The van der Waals surface area contributed by atoms with Gasteiger partial charge in [-0.05, 0) is 53.6 Å². The Morgan fingerprint density at radius 2 is 2.30 bits per heavy atom. The number of halogens is 2. The first-order valence-corrected chi connectivity index (χ1v) is 9.35. The van der Waals surface area contributed by atoms with Gasteiger partial charge >= 0.3 is 0 Å². The Morgan fingerprint density at radius 3 is 2.85 bits per heavy atom. The Balaban J connectivity index is 0.00000200. The zero-order valence-electron chi connectivity index (χ0n) is 11.7. The molecule has 1 aromatic heterocycles. The number of rotatable bonds is 4. The van der Waals surface area contributed by atoms with Crippen molar-refractivity contribution in [3.05, 3.63) is 20.8 Å². The monoisotopic (exact) mass is 489 g/mol. The molecule has 2 N–H and O–H groups in total. The lowest BCUT2D eigenvalue weighted by atomic mass is 10.2. The van der Waals surface area contributed by atoms with Crippen molar-refractivity contribution >= 4 is 69.0 Å². The summed E-state index contributed by atoms with van der Waals surface area (Å²) in [5, 5.41) is 7.72. The summed E-state index contributed by atoms with van der Waals surface area (Å²) in [4.78, 5) is 5.61. The number of thiophene rings is 1. The summed E-state index contributed by atoms with van der Waals surface area (Å²) in [6.07, 6.45) is 6.01. The van der Waals surface area contributed by atoms with Crippen LogP contribution in [0, 0.1) is 0 Å². The van der Waals surface area contributed by atoms with Crippen LogP contribution in [0.15, 0.2) is 20.9 Å². The van der Waals surface area contributed by atoms with Gasteiger partial charge < -0.3 is 10.6 Å². The Labute approximate surface area is 154 Å². The first-order chi connectivity index (χ1) is 9.21. The highest BCUT2D eigenvalue weighted by molar-refractivity contribution is 14.0. The molecule has 1 aliphatic carbocycles. The molecule has 20 heavy (non-hydrogen) atoms. The highest BCUT2D eigenvalue weighted by Gasteiger charge is 2.24. The van der Waals surface area contributed by atoms with E-state index in [1.54, 1.807) is 11.3 Å². The summed E-state index contributed by atoms with van der Waals surface area (Å²) >= 11 is 7.22. The molecule has 2 rings (SSSR count). The van der Waals surface area contributed by atoms with Gasteiger partial charge in [0.2, 0.25) is 0 Å². The van der Waals surface area contributed by atoms with E-state index in [2.05, 4.69) is 49.9 Å². The van der Waals surface area contributed by atoms with E-state index < -0.39 is 0 Å². The van der Waals surface area contributed by atoms with E-state index in [9.17, 15) is 0 Å². The molecule has 0 amide bonds. The van der Waals surface area contributed by atoms with Crippen molar-refractivity contribution in [3.63, 3.8) is 0 Å². The highest BCUT2D eigenvalue weighted by Crippen LogP contribution is 2.28. The topological polar surface area (TPSA) is 36.4 Å². The van der Waals surface area contributed by atoms with Crippen molar-refractivity contribution in [2.45, 2.75) is 37.1 Å². The average molecular weight is 490 g/mol. The third-order valence-corrected chi connectivity index (χ3v) is 6.06. The predicted molar refractivity (Wildman–Crippen MR) is 106 cm³/mol. The molecule has 0 saturated heterocycles. The summed E-state index contributed by atoms with van der Waals surface area (Å²) in [6, 6.07) is 4.78. The lowest BCUT2D eigenvalue weighted by Gasteiger charge is -2.17. The van der Waals surface area contributed by atoms with Crippen LogP contribution in [0.3, 0.4) is 0 Å². The van der Waals surface area contributed by atoms with E-state index in [-0.39, 0.29) is 24.0 Å². The van der Waals surface area contributed by atoms with Gasteiger partial charge in [0.05, 0.1) is 10.3 Å². The Hall–Kier alpha value is 0.530.